The van der Waals surface area contributed by atoms with Gasteiger partial charge in [0.2, 0.25) is 5.13 Å². The molecule has 4 rings (SSSR count). The van der Waals surface area contributed by atoms with Crippen LogP contribution in [0, 0.1) is 11.6 Å². The maximum Gasteiger partial charge on any atom is 0.280 e. The number of aromatic nitrogens is 1. The summed E-state index contributed by atoms with van der Waals surface area (Å²) in [5.74, 6) is -0.905. The Morgan fingerprint density at radius 1 is 1.11 bits per heavy atom. The van der Waals surface area contributed by atoms with Crippen molar-refractivity contribution in [3.05, 3.63) is 83.8 Å². The largest absolute Gasteiger partial charge is 0.463 e. The molecule has 4 aromatic rings. The number of carbonyl (C=O) groups is 1. The molecule has 0 bridgehead atoms. The predicted molar refractivity (Wildman–Crippen MR) is 99.1 cm³/mol. The van der Waals surface area contributed by atoms with Crippen molar-refractivity contribution in [2.45, 2.75) is 0 Å². The third-order valence-corrected chi connectivity index (χ3v) is 4.64. The molecule has 0 unspecified atom stereocenters. The minimum Gasteiger partial charge on any atom is -0.463 e. The average molecular weight is 383 g/mol. The van der Waals surface area contributed by atoms with E-state index in [-0.39, 0.29) is 10.7 Å². The maximum atomic E-state index is 13.5. The fourth-order valence-electron chi connectivity index (χ4n) is 2.36. The number of halogens is 2. The summed E-state index contributed by atoms with van der Waals surface area (Å²) >= 11 is 1.12. The third kappa shape index (κ3) is 3.61. The summed E-state index contributed by atoms with van der Waals surface area (Å²) in [6, 6.07) is 12.6. The van der Waals surface area contributed by atoms with Gasteiger partial charge in [0.15, 0.2) is 0 Å². The van der Waals surface area contributed by atoms with Gasteiger partial charge in [-0.2, -0.15) is 10.1 Å². The summed E-state index contributed by atoms with van der Waals surface area (Å²) < 4.78 is 32.4. The lowest BCUT2D eigenvalue weighted by atomic mass is 10.2. The van der Waals surface area contributed by atoms with E-state index in [1.165, 1.54) is 54.9 Å². The molecule has 0 radical (unpaired) electrons. The van der Waals surface area contributed by atoms with Crippen LogP contribution in [0.5, 0.6) is 0 Å². The van der Waals surface area contributed by atoms with Gasteiger partial charge >= 0.3 is 0 Å². The molecule has 0 aliphatic carbocycles. The summed E-state index contributed by atoms with van der Waals surface area (Å²) in [5, 5.41) is 5.52. The number of hydrazone groups is 1. The van der Waals surface area contributed by atoms with Crippen LogP contribution in [-0.2, 0) is 0 Å². The molecule has 2 aromatic heterocycles. The van der Waals surface area contributed by atoms with Crippen LogP contribution in [0.25, 0.3) is 10.2 Å². The topological polar surface area (TPSA) is 58.7 Å². The van der Waals surface area contributed by atoms with Gasteiger partial charge in [-0.3, -0.25) is 4.79 Å². The molecule has 2 aromatic carbocycles. The van der Waals surface area contributed by atoms with E-state index in [4.69, 9.17) is 4.42 Å². The van der Waals surface area contributed by atoms with Gasteiger partial charge in [0.25, 0.3) is 5.91 Å². The molecule has 2 heterocycles. The summed E-state index contributed by atoms with van der Waals surface area (Å²) in [6.07, 6.45) is 2.85. The lowest BCUT2D eigenvalue weighted by Crippen LogP contribution is -2.25. The second-order valence-corrected chi connectivity index (χ2v) is 6.50. The Balaban J connectivity index is 1.76. The van der Waals surface area contributed by atoms with Gasteiger partial charge in [0, 0.05) is 5.56 Å². The van der Waals surface area contributed by atoms with Gasteiger partial charge < -0.3 is 4.42 Å². The SMILES string of the molecule is O=C(c1ccc(F)cc1)N(/N=C/c1ccco1)c1nc2ccc(F)cc2s1. The number of benzene rings is 2. The van der Waals surface area contributed by atoms with E-state index >= 15 is 0 Å². The zero-order valence-electron chi connectivity index (χ0n) is 13.7. The molecule has 0 spiro atoms. The van der Waals surface area contributed by atoms with Crippen LogP contribution < -0.4 is 5.01 Å². The molecule has 134 valence electrons. The van der Waals surface area contributed by atoms with Crippen molar-refractivity contribution in [1.29, 1.82) is 0 Å². The molecule has 1 amide bonds. The number of carbonyl (C=O) groups excluding carboxylic acids is 1. The van der Waals surface area contributed by atoms with E-state index in [2.05, 4.69) is 10.1 Å². The van der Waals surface area contributed by atoms with Gasteiger partial charge in [-0.05, 0) is 54.6 Å². The molecule has 0 aliphatic heterocycles. The first-order chi connectivity index (χ1) is 13.1. The van der Waals surface area contributed by atoms with Gasteiger partial charge in [-0.15, -0.1) is 0 Å². The third-order valence-electron chi connectivity index (χ3n) is 3.65. The number of anilines is 1. The Morgan fingerprint density at radius 2 is 1.89 bits per heavy atom. The first kappa shape index (κ1) is 17.0. The zero-order valence-corrected chi connectivity index (χ0v) is 14.5. The highest BCUT2D eigenvalue weighted by Crippen LogP contribution is 2.30. The first-order valence-corrected chi connectivity index (χ1v) is 8.65. The highest BCUT2D eigenvalue weighted by molar-refractivity contribution is 7.22. The van der Waals surface area contributed by atoms with Crippen molar-refractivity contribution < 1.29 is 18.0 Å². The van der Waals surface area contributed by atoms with E-state index in [0.29, 0.717) is 16.0 Å². The molecule has 0 atom stereocenters. The van der Waals surface area contributed by atoms with E-state index in [1.54, 1.807) is 12.1 Å². The van der Waals surface area contributed by atoms with Crippen molar-refractivity contribution in [2.24, 2.45) is 5.10 Å². The van der Waals surface area contributed by atoms with Gasteiger partial charge in [0.05, 0.1) is 22.7 Å². The minimum atomic E-state index is -0.502. The first-order valence-electron chi connectivity index (χ1n) is 7.84. The number of hydrogen-bond donors (Lipinski definition) is 0. The van der Waals surface area contributed by atoms with Gasteiger partial charge in [-0.25, -0.2) is 13.8 Å². The normalized spacial score (nSPS) is 11.3. The molecule has 0 saturated carbocycles. The van der Waals surface area contributed by atoms with Crippen LogP contribution in [0.2, 0.25) is 0 Å². The lowest BCUT2D eigenvalue weighted by molar-refractivity contribution is 0.0988. The van der Waals surface area contributed by atoms with Crippen molar-refractivity contribution in [3.8, 4) is 0 Å². The minimum absolute atomic E-state index is 0.235. The van der Waals surface area contributed by atoms with Crippen molar-refractivity contribution >= 4 is 38.8 Å². The number of furan rings is 1. The van der Waals surface area contributed by atoms with Gasteiger partial charge in [-0.1, -0.05) is 11.3 Å². The number of thiazole rings is 1. The second-order valence-electron chi connectivity index (χ2n) is 5.49. The number of amides is 1. The Kier molecular flexibility index (Phi) is 4.47. The van der Waals surface area contributed by atoms with E-state index in [0.717, 1.165) is 16.3 Å². The standard InChI is InChI=1S/C19H11F2N3O2S/c20-13-5-3-12(4-6-13)18(25)24(22-11-15-2-1-9-26-15)19-23-16-8-7-14(21)10-17(16)27-19/h1-11H/b22-11+. The van der Waals surface area contributed by atoms with Gasteiger partial charge in [0.1, 0.15) is 17.4 Å². The Morgan fingerprint density at radius 3 is 2.63 bits per heavy atom. The van der Waals surface area contributed by atoms with Crippen molar-refractivity contribution in [3.63, 3.8) is 0 Å². The summed E-state index contributed by atoms with van der Waals surface area (Å²) in [4.78, 5) is 17.3. The summed E-state index contributed by atoms with van der Waals surface area (Å²) in [6.45, 7) is 0. The van der Waals surface area contributed by atoms with Crippen LogP contribution in [0.3, 0.4) is 0 Å². The Bertz CT molecular complexity index is 1120. The smallest absolute Gasteiger partial charge is 0.280 e. The summed E-state index contributed by atoms with van der Waals surface area (Å²) in [7, 11) is 0. The zero-order chi connectivity index (χ0) is 18.8. The highest BCUT2D eigenvalue weighted by atomic mass is 32.1. The van der Waals surface area contributed by atoms with Crippen LogP contribution in [-0.4, -0.2) is 17.1 Å². The van der Waals surface area contributed by atoms with Crippen LogP contribution in [0.4, 0.5) is 13.9 Å². The highest BCUT2D eigenvalue weighted by Gasteiger charge is 2.21. The van der Waals surface area contributed by atoms with E-state index < -0.39 is 17.5 Å². The van der Waals surface area contributed by atoms with Crippen molar-refractivity contribution in [1.82, 2.24) is 4.98 Å². The van der Waals surface area contributed by atoms with E-state index in [1.807, 2.05) is 0 Å². The summed E-state index contributed by atoms with van der Waals surface area (Å²) in [5.41, 5.74) is 0.778. The molecule has 0 aliphatic rings. The molecule has 0 N–H and O–H groups in total. The Hall–Kier alpha value is -3.39. The Labute approximate surface area is 156 Å². The molecule has 0 fully saturated rings. The molecule has 0 saturated heterocycles. The molecule has 27 heavy (non-hydrogen) atoms. The number of rotatable bonds is 4. The lowest BCUT2D eigenvalue weighted by Gasteiger charge is -2.13. The van der Waals surface area contributed by atoms with Crippen LogP contribution in [0.1, 0.15) is 16.1 Å². The predicted octanol–water partition coefficient (Wildman–Crippen LogP) is 4.85. The fraction of sp³-hybridized carbons (Fsp3) is 0. The fourth-order valence-corrected chi connectivity index (χ4v) is 3.31. The number of nitrogens with zero attached hydrogens (tertiary/aromatic N) is 3. The molecule has 5 nitrogen and oxygen atoms in total. The number of fused-ring (bicyclic) bond motifs is 1. The monoisotopic (exact) mass is 383 g/mol. The van der Waals surface area contributed by atoms with Crippen LogP contribution >= 0.6 is 11.3 Å². The molecular weight excluding hydrogens is 372 g/mol. The number of hydrogen-bond acceptors (Lipinski definition) is 5. The maximum absolute atomic E-state index is 13.5. The van der Waals surface area contributed by atoms with E-state index in [9.17, 15) is 13.6 Å². The quantitative estimate of drug-likeness (QED) is 0.374. The molecular formula is C19H11F2N3O2S. The second kappa shape index (κ2) is 7.08. The molecule has 8 heteroatoms. The van der Waals surface area contributed by atoms with Crippen molar-refractivity contribution in [2.75, 3.05) is 5.01 Å². The average Bonchev–Trinajstić information content (AvgIpc) is 3.31. The van der Waals surface area contributed by atoms with Crippen LogP contribution in [0.15, 0.2) is 70.4 Å².